The van der Waals surface area contributed by atoms with Gasteiger partial charge in [0.2, 0.25) is 0 Å². The molecule has 0 spiro atoms. The van der Waals surface area contributed by atoms with Crippen molar-refractivity contribution in [2.75, 3.05) is 0 Å². The summed E-state index contributed by atoms with van der Waals surface area (Å²) in [4.78, 5) is 0. The number of aliphatic hydroxyl groups is 2. The molecule has 0 radical (unpaired) electrons. The molecule has 2 atom stereocenters. The lowest BCUT2D eigenvalue weighted by atomic mass is 9.82. The van der Waals surface area contributed by atoms with E-state index in [1.54, 1.807) is 6.08 Å². The Morgan fingerprint density at radius 2 is 1.94 bits per heavy atom. The van der Waals surface area contributed by atoms with Gasteiger partial charge in [0.25, 0.3) is 0 Å². The molecule has 0 heterocycles. The second kappa shape index (κ2) is 7.42. The van der Waals surface area contributed by atoms with Gasteiger partial charge in [-0.15, -0.1) is 0 Å². The third kappa shape index (κ3) is 3.32. The third-order valence-electron chi connectivity index (χ3n) is 2.80. The summed E-state index contributed by atoms with van der Waals surface area (Å²) in [7, 11) is 0. The standard InChI is InChI=1S/C12H18O2.C2H6/c1-4-8(3)11-9(5-2)6-7-10(13)12(11)14;1-2/h4-5,10,12-14H,1,6-7H2,2-3H3;1-2H3/b9-5-,11-8+;/t10-,12-;/m0./s1. The van der Waals surface area contributed by atoms with Crippen molar-refractivity contribution in [2.24, 2.45) is 0 Å². The zero-order chi connectivity index (χ0) is 12.7. The van der Waals surface area contributed by atoms with E-state index in [1.165, 1.54) is 0 Å². The van der Waals surface area contributed by atoms with Gasteiger partial charge in [-0.3, -0.25) is 0 Å². The molecule has 0 aromatic rings. The summed E-state index contributed by atoms with van der Waals surface area (Å²) in [5.74, 6) is 0. The summed E-state index contributed by atoms with van der Waals surface area (Å²) in [5, 5.41) is 19.4. The fourth-order valence-electron chi connectivity index (χ4n) is 1.87. The topological polar surface area (TPSA) is 40.5 Å². The van der Waals surface area contributed by atoms with E-state index < -0.39 is 12.2 Å². The van der Waals surface area contributed by atoms with Gasteiger partial charge in [-0.2, -0.15) is 0 Å². The molecule has 1 aliphatic carbocycles. The van der Waals surface area contributed by atoms with Gasteiger partial charge >= 0.3 is 0 Å². The minimum Gasteiger partial charge on any atom is -0.390 e. The Labute approximate surface area is 99.0 Å². The number of hydrogen-bond acceptors (Lipinski definition) is 2. The molecule has 1 fully saturated rings. The fraction of sp³-hybridized carbons (Fsp3) is 0.571. The molecule has 0 aromatic heterocycles. The lowest BCUT2D eigenvalue weighted by Gasteiger charge is -2.29. The summed E-state index contributed by atoms with van der Waals surface area (Å²) in [5.41, 5.74) is 2.92. The molecular weight excluding hydrogens is 200 g/mol. The Kier molecular flexibility index (Phi) is 7.02. The van der Waals surface area contributed by atoms with Crippen molar-refractivity contribution in [3.63, 3.8) is 0 Å². The van der Waals surface area contributed by atoms with E-state index in [9.17, 15) is 10.2 Å². The quantitative estimate of drug-likeness (QED) is 0.719. The molecule has 16 heavy (non-hydrogen) atoms. The minimum atomic E-state index is -0.757. The van der Waals surface area contributed by atoms with Gasteiger partial charge in [-0.1, -0.05) is 32.6 Å². The third-order valence-corrected chi connectivity index (χ3v) is 2.80. The lowest BCUT2D eigenvalue weighted by molar-refractivity contribution is 0.0293. The molecule has 0 amide bonds. The van der Waals surface area contributed by atoms with Crippen LogP contribution in [0.15, 0.2) is 35.5 Å². The van der Waals surface area contributed by atoms with Crippen LogP contribution in [0.5, 0.6) is 0 Å². The smallest absolute Gasteiger partial charge is 0.105 e. The zero-order valence-electron chi connectivity index (χ0n) is 10.8. The van der Waals surface area contributed by atoms with Crippen LogP contribution < -0.4 is 0 Å². The Hall–Kier alpha value is -0.860. The van der Waals surface area contributed by atoms with Crippen molar-refractivity contribution in [2.45, 2.75) is 52.7 Å². The van der Waals surface area contributed by atoms with E-state index in [4.69, 9.17) is 0 Å². The van der Waals surface area contributed by atoms with E-state index in [0.29, 0.717) is 6.42 Å². The van der Waals surface area contributed by atoms with E-state index in [1.807, 2.05) is 33.8 Å². The van der Waals surface area contributed by atoms with Crippen molar-refractivity contribution in [1.82, 2.24) is 0 Å². The molecule has 0 aliphatic heterocycles. The van der Waals surface area contributed by atoms with Gasteiger partial charge in [-0.05, 0) is 43.4 Å². The van der Waals surface area contributed by atoms with Crippen molar-refractivity contribution in [3.8, 4) is 0 Å². The van der Waals surface area contributed by atoms with E-state index in [-0.39, 0.29) is 0 Å². The summed E-state index contributed by atoms with van der Waals surface area (Å²) < 4.78 is 0. The number of allylic oxidation sites excluding steroid dienone is 3. The van der Waals surface area contributed by atoms with Gasteiger partial charge in [0.05, 0.1) is 6.10 Å². The van der Waals surface area contributed by atoms with Crippen LogP contribution in [0.1, 0.15) is 40.5 Å². The van der Waals surface area contributed by atoms with Gasteiger partial charge in [-0.25, -0.2) is 0 Å². The number of aliphatic hydroxyl groups excluding tert-OH is 2. The molecule has 2 N–H and O–H groups in total. The average molecular weight is 224 g/mol. The summed E-state index contributed by atoms with van der Waals surface area (Å²) in [6.07, 6.45) is 3.79. The maximum atomic E-state index is 9.84. The van der Waals surface area contributed by atoms with Crippen molar-refractivity contribution < 1.29 is 10.2 Å². The molecular formula is C14H24O2. The molecule has 2 heteroatoms. The molecule has 92 valence electrons. The first-order chi connectivity index (χ1) is 7.61. The predicted molar refractivity (Wildman–Crippen MR) is 69.2 cm³/mol. The number of rotatable bonds is 1. The van der Waals surface area contributed by atoms with Crippen LogP contribution in [0.3, 0.4) is 0 Å². The molecule has 0 saturated heterocycles. The maximum Gasteiger partial charge on any atom is 0.105 e. The average Bonchev–Trinajstić information content (AvgIpc) is 2.34. The first-order valence-electron chi connectivity index (χ1n) is 5.96. The highest BCUT2D eigenvalue weighted by Gasteiger charge is 2.28. The highest BCUT2D eigenvalue weighted by molar-refractivity contribution is 5.43. The Balaban J connectivity index is 0.00000106. The molecule has 2 nitrogen and oxygen atoms in total. The van der Waals surface area contributed by atoms with E-state index in [2.05, 4.69) is 6.58 Å². The first kappa shape index (κ1) is 15.1. The second-order valence-corrected chi connectivity index (χ2v) is 3.67. The minimum absolute atomic E-state index is 0.634. The van der Waals surface area contributed by atoms with Crippen LogP contribution in [0.2, 0.25) is 0 Å². The lowest BCUT2D eigenvalue weighted by Crippen LogP contribution is -2.33. The highest BCUT2D eigenvalue weighted by Crippen LogP contribution is 2.31. The normalized spacial score (nSPS) is 30.5. The summed E-state index contributed by atoms with van der Waals surface area (Å²) >= 11 is 0. The maximum absolute atomic E-state index is 9.84. The van der Waals surface area contributed by atoms with Crippen LogP contribution in [0, 0.1) is 0 Å². The molecule has 0 unspecified atom stereocenters. The Bertz CT molecular complexity index is 287. The predicted octanol–water partition coefficient (Wildman–Crippen LogP) is 2.98. The Morgan fingerprint density at radius 3 is 2.38 bits per heavy atom. The van der Waals surface area contributed by atoms with Crippen LogP contribution in [0.4, 0.5) is 0 Å². The van der Waals surface area contributed by atoms with Crippen LogP contribution >= 0.6 is 0 Å². The van der Waals surface area contributed by atoms with Crippen molar-refractivity contribution >= 4 is 0 Å². The second-order valence-electron chi connectivity index (χ2n) is 3.67. The zero-order valence-corrected chi connectivity index (χ0v) is 10.8. The monoisotopic (exact) mass is 224 g/mol. The summed E-state index contributed by atoms with van der Waals surface area (Å²) in [6.45, 7) is 11.6. The van der Waals surface area contributed by atoms with Crippen molar-refractivity contribution in [1.29, 1.82) is 0 Å². The van der Waals surface area contributed by atoms with Gasteiger partial charge in [0.1, 0.15) is 6.10 Å². The molecule has 0 bridgehead atoms. The van der Waals surface area contributed by atoms with E-state index in [0.717, 1.165) is 23.1 Å². The molecule has 0 aromatic carbocycles. The highest BCUT2D eigenvalue weighted by atomic mass is 16.3. The van der Waals surface area contributed by atoms with Crippen LogP contribution in [0.25, 0.3) is 0 Å². The first-order valence-corrected chi connectivity index (χ1v) is 5.96. The van der Waals surface area contributed by atoms with Gasteiger partial charge in [0.15, 0.2) is 0 Å². The fourth-order valence-corrected chi connectivity index (χ4v) is 1.87. The van der Waals surface area contributed by atoms with E-state index >= 15 is 0 Å². The Morgan fingerprint density at radius 1 is 1.38 bits per heavy atom. The van der Waals surface area contributed by atoms with Crippen LogP contribution in [-0.4, -0.2) is 22.4 Å². The SMILES string of the molecule is C=C/C(C)=C1\C(=C/C)CC[C@H](O)[C@@H]1O.CC. The molecule has 1 saturated carbocycles. The number of hydrogen-bond donors (Lipinski definition) is 2. The molecule has 1 aliphatic rings. The summed E-state index contributed by atoms with van der Waals surface area (Å²) in [6, 6.07) is 0. The molecule has 1 rings (SSSR count). The largest absolute Gasteiger partial charge is 0.390 e. The van der Waals surface area contributed by atoms with Crippen LogP contribution in [-0.2, 0) is 0 Å². The van der Waals surface area contributed by atoms with Gasteiger partial charge < -0.3 is 10.2 Å². The van der Waals surface area contributed by atoms with Crippen molar-refractivity contribution in [3.05, 3.63) is 35.5 Å². The van der Waals surface area contributed by atoms with Gasteiger partial charge in [0, 0.05) is 0 Å².